The third kappa shape index (κ3) is 2.86. The third-order valence-corrected chi connectivity index (χ3v) is 6.66. The Morgan fingerprint density at radius 2 is 1.92 bits per heavy atom. The van der Waals surface area contributed by atoms with Crippen molar-refractivity contribution in [1.82, 2.24) is 9.80 Å². The summed E-state index contributed by atoms with van der Waals surface area (Å²) >= 11 is 0. The fourth-order valence-corrected chi connectivity index (χ4v) is 5.28. The lowest BCUT2D eigenvalue weighted by Gasteiger charge is -2.71. The Hall–Kier alpha value is -1.43. The van der Waals surface area contributed by atoms with Gasteiger partial charge in [0.2, 0.25) is 5.91 Å². The van der Waals surface area contributed by atoms with Crippen LogP contribution in [0.25, 0.3) is 0 Å². The molecule has 1 aromatic rings. The summed E-state index contributed by atoms with van der Waals surface area (Å²) < 4.78 is 5.51. The molecule has 3 aliphatic heterocycles. The lowest BCUT2D eigenvalue weighted by Crippen LogP contribution is -2.85. The summed E-state index contributed by atoms with van der Waals surface area (Å²) in [4.78, 5) is 16.7. The summed E-state index contributed by atoms with van der Waals surface area (Å²) in [5.41, 5.74) is 1.29. The average Bonchev–Trinajstić information content (AvgIpc) is 2.65. The van der Waals surface area contributed by atoms with Gasteiger partial charge in [-0.2, -0.15) is 0 Å². The first-order chi connectivity index (χ1) is 12.7. The van der Waals surface area contributed by atoms with Crippen LogP contribution in [0.5, 0.6) is 0 Å². The van der Waals surface area contributed by atoms with E-state index >= 15 is 0 Å². The standard InChI is InChI=1S/C21H30N2O3/c1-2-19(25)22-14-21(15-22)20(17-6-4-3-5-7-17)18(13-24)23(21)12-16-8-10-26-11-9-16/h3-7,16,18,20,24H,2,8-15H2,1H3/t18-,20+/m0/s1. The summed E-state index contributed by atoms with van der Waals surface area (Å²) in [6.07, 6.45) is 2.76. The average molecular weight is 358 g/mol. The number of aliphatic hydroxyl groups excluding tert-OH is 1. The van der Waals surface area contributed by atoms with Gasteiger partial charge in [0.05, 0.1) is 12.1 Å². The van der Waals surface area contributed by atoms with E-state index in [2.05, 4.69) is 29.2 Å². The fourth-order valence-electron chi connectivity index (χ4n) is 5.28. The number of amides is 1. The number of benzene rings is 1. The van der Waals surface area contributed by atoms with Gasteiger partial charge in [0.1, 0.15) is 0 Å². The molecule has 0 radical (unpaired) electrons. The third-order valence-electron chi connectivity index (χ3n) is 6.66. The molecule has 0 aromatic heterocycles. The van der Waals surface area contributed by atoms with Gasteiger partial charge in [-0.25, -0.2) is 0 Å². The highest BCUT2D eigenvalue weighted by Crippen LogP contribution is 2.54. The van der Waals surface area contributed by atoms with Crippen molar-refractivity contribution in [2.45, 2.75) is 43.7 Å². The zero-order chi connectivity index (χ0) is 18.1. The van der Waals surface area contributed by atoms with Crippen molar-refractivity contribution in [3.8, 4) is 0 Å². The predicted molar refractivity (Wildman–Crippen MR) is 99.9 cm³/mol. The van der Waals surface area contributed by atoms with Crippen LogP contribution < -0.4 is 0 Å². The Kier molecular flexibility index (Phi) is 5.04. The molecule has 3 heterocycles. The van der Waals surface area contributed by atoms with Crippen molar-refractivity contribution < 1.29 is 14.6 Å². The van der Waals surface area contributed by atoms with Gasteiger partial charge in [-0.3, -0.25) is 9.69 Å². The largest absolute Gasteiger partial charge is 0.395 e. The first kappa shape index (κ1) is 18.0. The molecule has 3 saturated heterocycles. The smallest absolute Gasteiger partial charge is 0.222 e. The Morgan fingerprint density at radius 1 is 1.23 bits per heavy atom. The van der Waals surface area contributed by atoms with E-state index in [0.717, 1.165) is 45.7 Å². The van der Waals surface area contributed by atoms with E-state index in [1.165, 1.54) is 5.56 Å². The Labute approximate surface area is 155 Å². The van der Waals surface area contributed by atoms with Gasteiger partial charge in [-0.05, 0) is 24.3 Å². The molecule has 1 aromatic carbocycles. The van der Waals surface area contributed by atoms with Gasteiger partial charge < -0.3 is 14.7 Å². The van der Waals surface area contributed by atoms with Crippen LogP contribution in [0.3, 0.4) is 0 Å². The minimum atomic E-state index is -0.00210. The maximum absolute atomic E-state index is 12.2. The van der Waals surface area contributed by atoms with Gasteiger partial charge >= 0.3 is 0 Å². The highest BCUT2D eigenvalue weighted by molar-refractivity contribution is 5.77. The molecular formula is C21H30N2O3. The Balaban J connectivity index is 1.57. The van der Waals surface area contributed by atoms with Crippen LogP contribution in [0.1, 0.15) is 37.7 Å². The van der Waals surface area contributed by atoms with Crippen LogP contribution in [-0.2, 0) is 9.53 Å². The van der Waals surface area contributed by atoms with Gasteiger partial charge in [0.25, 0.3) is 0 Å². The second-order valence-electron chi connectivity index (χ2n) is 8.05. The van der Waals surface area contributed by atoms with Crippen molar-refractivity contribution in [2.75, 3.05) is 39.5 Å². The second-order valence-corrected chi connectivity index (χ2v) is 8.05. The zero-order valence-corrected chi connectivity index (χ0v) is 15.6. The van der Waals surface area contributed by atoms with Gasteiger partial charge in [-0.1, -0.05) is 37.3 Å². The number of carbonyl (C=O) groups excluding carboxylic acids is 1. The molecule has 0 unspecified atom stereocenters. The van der Waals surface area contributed by atoms with Crippen LogP contribution in [0.15, 0.2) is 30.3 Å². The van der Waals surface area contributed by atoms with Gasteiger partial charge in [0.15, 0.2) is 0 Å². The van der Waals surface area contributed by atoms with Gasteiger partial charge in [0, 0.05) is 51.2 Å². The highest BCUT2D eigenvalue weighted by atomic mass is 16.5. The number of rotatable bonds is 5. The van der Waals surface area contributed by atoms with Crippen LogP contribution in [-0.4, -0.2) is 71.8 Å². The summed E-state index contributed by atoms with van der Waals surface area (Å²) in [7, 11) is 0. The predicted octanol–water partition coefficient (Wildman–Crippen LogP) is 1.86. The number of ether oxygens (including phenoxy) is 1. The maximum atomic E-state index is 12.2. The summed E-state index contributed by atoms with van der Waals surface area (Å²) in [5.74, 6) is 1.16. The normalized spacial score (nSPS) is 28.6. The second kappa shape index (κ2) is 7.29. The molecule has 1 N–H and O–H groups in total. The molecule has 3 aliphatic rings. The molecule has 5 nitrogen and oxygen atoms in total. The number of carbonyl (C=O) groups is 1. The lowest BCUT2D eigenvalue weighted by molar-refractivity contribution is -0.201. The monoisotopic (exact) mass is 358 g/mol. The van der Waals surface area contributed by atoms with Crippen LogP contribution in [0, 0.1) is 5.92 Å². The molecule has 3 fully saturated rings. The molecule has 2 atom stereocenters. The van der Waals surface area contributed by atoms with E-state index in [1.807, 2.05) is 17.9 Å². The number of likely N-dealkylation sites (tertiary alicyclic amines) is 2. The van der Waals surface area contributed by atoms with Crippen LogP contribution in [0.2, 0.25) is 0 Å². The minimum absolute atomic E-state index is 0.00210. The molecule has 0 saturated carbocycles. The molecule has 5 heteroatoms. The van der Waals surface area contributed by atoms with Gasteiger partial charge in [-0.15, -0.1) is 0 Å². The molecule has 0 bridgehead atoms. The summed E-state index contributed by atoms with van der Waals surface area (Å²) in [6.45, 7) is 6.38. The number of aliphatic hydroxyl groups is 1. The summed E-state index contributed by atoms with van der Waals surface area (Å²) in [6, 6.07) is 10.7. The first-order valence-electron chi connectivity index (χ1n) is 9.97. The Bertz CT molecular complexity index is 623. The molecular weight excluding hydrogens is 328 g/mol. The molecule has 26 heavy (non-hydrogen) atoms. The fraction of sp³-hybridized carbons (Fsp3) is 0.667. The van der Waals surface area contributed by atoms with E-state index in [-0.39, 0.29) is 24.1 Å². The minimum Gasteiger partial charge on any atom is -0.395 e. The molecule has 1 spiro atoms. The Morgan fingerprint density at radius 3 is 2.54 bits per heavy atom. The SMILES string of the molecule is CCC(=O)N1CC2(C1)[C@H](c1ccccc1)[C@H](CO)N2CC1CCOCC1. The van der Waals surface area contributed by atoms with Crippen molar-refractivity contribution in [2.24, 2.45) is 5.92 Å². The topological polar surface area (TPSA) is 53.0 Å². The van der Waals surface area contributed by atoms with Crippen LogP contribution in [0.4, 0.5) is 0 Å². The first-order valence-corrected chi connectivity index (χ1v) is 9.97. The van der Waals surface area contributed by atoms with Crippen molar-refractivity contribution in [1.29, 1.82) is 0 Å². The van der Waals surface area contributed by atoms with Crippen molar-refractivity contribution >= 4 is 5.91 Å². The number of hydrogen-bond donors (Lipinski definition) is 1. The number of hydrogen-bond acceptors (Lipinski definition) is 4. The molecule has 142 valence electrons. The van der Waals surface area contributed by atoms with Crippen molar-refractivity contribution in [3.05, 3.63) is 35.9 Å². The zero-order valence-electron chi connectivity index (χ0n) is 15.6. The quantitative estimate of drug-likeness (QED) is 0.873. The van der Waals surface area contributed by atoms with E-state index < -0.39 is 0 Å². The number of nitrogens with zero attached hydrogens (tertiary/aromatic N) is 2. The van der Waals surface area contributed by atoms with E-state index in [1.54, 1.807) is 0 Å². The van der Waals surface area contributed by atoms with E-state index in [4.69, 9.17) is 4.74 Å². The molecule has 0 aliphatic carbocycles. The van der Waals surface area contributed by atoms with Crippen LogP contribution >= 0.6 is 0 Å². The highest BCUT2D eigenvalue weighted by Gasteiger charge is 2.66. The van der Waals surface area contributed by atoms with E-state index in [0.29, 0.717) is 18.3 Å². The van der Waals surface area contributed by atoms with Crippen molar-refractivity contribution in [3.63, 3.8) is 0 Å². The molecule has 4 rings (SSSR count). The lowest BCUT2D eigenvalue weighted by atomic mass is 9.60. The maximum Gasteiger partial charge on any atom is 0.222 e. The summed E-state index contributed by atoms with van der Waals surface area (Å²) in [5, 5.41) is 10.1. The molecule has 1 amide bonds. The van der Waals surface area contributed by atoms with E-state index in [9.17, 15) is 9.90 Å².